The first kappa shape index (κ1) is 29.9. The van der Waals surface area contributed by atoms with Crippen molar-refractivity contribution in [1.29, 1.82) is 0 Å². The summed E-state index contributed by atoms with van der Waals surface area (Å²) >= 11 is 5.88. The van der Waals surface area contributed by atoms with Crippen LogP contribution < -0.4 is 19.7 Å². The summed E-state index contributed by atoms with van der Waals surface area (Å²) in [6.45, 7) is 4.88. The molecular formula is C28H29ClFN3O7S. The van der Waals surface area contributed by atoms with Crippen LogP contribution in [0.3, 0.4) is 0 Å². The van der Waals surface area contributed by atoms with Gasteiger partial charge in [-0.05, 0) is 62.7 Å². The normalized spacial score (nSPS) is 14.9. The number of carbonyl (C=O) groups excluding carboxylic acids is 2. The van der Waals surface area contributed by atoms with E-state index in [1.165, 1.54) is 18.2 Å². The third-order valence-corrected chi connectivity index (χ3v) is 7.77. The molecule has 2 amide bonds. The predicted octanol–water partition coefficient (Wildman–Crippen LogP) is 5.71. The number of hydrogen-bond acceptors (Lipinski definition) is 7. The Kier molecular flexibility index (Phi) is 8.93. The van der Waals surface area contributed by atoms with E-state index in [-0.39, 0.29) is 46.7 Å². The van der Waals surface area contributed by atoms with Gasteiger partial charge in [0, 0.05) is 5.69 Å². The average Bonchev–Trinajstić information content (AvgIpc) is 2.91. The topological polar surface area (TPSA) is 123 Å². The molecule has 3 aromatic rings. The molecule has 1 aliphatic rings. The van der Waals surface area contributed by atoms with Gasteiger partial charge in [0.15, 0.2) is 0 Å². The first-order valence-corrected chi connectivity index (χ1v) is 14.4. The lowest BCUT2D eigenvalue weighted by Crippen LogP contribution is -2.48. The van der Waals surface area contributed by atoms with Crippen LogP contribution in [0.4, 0.5) is 25.4 Å². The molecule has 41 heavy (non-hydrogen) atoms. The third-order valence-electron chi connectivity index (χ3n) is 5.70. The van der Waals surface area contributed by atoms with Crippen LogP contribution in [0, 0.1) is 5.82 Å². The van der Waals surface area contributed by atoms with E-state index in [2.05, 4.69) is 10.6 Å². The number of benzene rings is 3. The van der Waals surface area contributed by atoms with Gasteiger partial charge >= 0.3 is 12.2 Å². The van der Waals surface area contributed by atoms with Crippen molar-refractivity contribution in [3.05, 3.63) is 83.1 Å². The number of rotatable bonds is 7. The lowest BCUT2D eigenvalue weighted by Gasteiger charge is -2.35. The zero-order valence-electron chi connectivity index (χ0n) is 22.5. The van der Waals surface area contributed by atoms with Crippen molar-refractivity contribution in [2.75, 3.05) is 22.7 Å². The number of ether oxygens (including phenoxy) is 3. The lowest BCUT2D eigenvalue weighted by molar-refractivity contribution is 0.0635. The Balaban J connectivity index is 1.56. The number of anilines is 2. The Morgan fingerprint density at radius 1 is 1.07 bits per heavy atom. The molecule has 0 aliphatic carbocycles. The molecule has 0 spiro atoms. The summed E-state index contributed by atoms with van der Waals surface area (Å²) < 4.78 is 58.8. The fourth-order valence-corrected chi connectivity index (χ4v) is 5.65. The first-order valence-electron chi connectivity index (χ1n) is 12.5. The Morgan fingerprint density at radius 3 is 2.49 bits per heavy atom. The number of fused-ring (bicyclic) bond motifs is 1. The van der Waals surface area contributed by atoms with Crippen molar-refractivity contribution >= 4 is 45.2 Å². The smallest absolute Gasteiger partial charge is 0.412 e. The molecule has 0 aromatic heterocycles. The van der Waals surface area contributed by atoms with E-state index >= 15 is 0 Å². The molecule has 1 heterocycles. The molecule has 1 unspecified atom stereocenters. The number of sulfonamides is 1. The SMILES string of the molecule is CC(C)(C)OC(=O)Nc1ccc2c(c1)N(S(=O)(=O)c1ccc(F)c(Cl)c1)CC(CNC(=O)OCc1ccccc1)O2. The molecule has 218 valence electrons. The third kappa shape index (κ3) is 7.80. The maximum atomic E-state index is 13.8. The van der Waals surface area contributed by atoms with Crippen LogP contribution in [-0.2, 0) is 26.1 Å². The Hall–Kier alpha value is -4.03. The summed E-state index contributed by atoms with van der Waals surface area (Å²) in [5, 5.41) is 4.80. The van der Waals surface area contributed by atoms with Gasteiger partial charge in [0.25, 0.3) is 10.0 Å². The highest BCUT2D eigenvalue weighted by Gasteiger charge is 2.35. The number of nitrogens with zero attached hydrogens (tertiary/aromatic N) is 1. The van der Waals surface area contributed by atoms with E-state index in [0.29, 0.717) is 0 Å². The van der Waals surface area contributed by atoms with E-state index in [1.54, 1.807) is 20.8 Å². The minimum Gasteiger partial charge on any atom is -0.484 e. The molecule has 1 atom stereocenters. The number of nitrogens with one attached hydrogen (secondary N) is 2. The van der Waals surface area contributed by atoms with Gasteiger partial charge in [0.1, 0.15) is 29.9 Å². The summed E-state index contributed by atoms with van der Waals surface area (Å²) in [6.07, 6.45) is -2.26. The second-order valence-corrected chi connectivity index (χ2v) is 12.4. The molecule has 0 saturated carbocycles. The maximum Gasteiger partial charge on any atom is 0.412 e. The molecule has 0 radical (unpaired) electrons. The van der Waals surface area contributed by atoms with Crippen molar-refractivity contribution in [3.63, 3.8) is 0 Å². The van der Waals surface area contributed by atoms with Crippen LogP contribution in [0.15, 0.2) is 71.6 Å². The van der Waals surface area contributed by atoms with Crippen molar-refractivity contribution in [3.8, 4) is 5.75 Å². The highest BCUT2D eigenvalue weighted by molar-refractivity contribution is 7.92. The van der Waals surface area contributed by atoms with E-state index in [9.17, 15) is 22.4 Å². The summed E-state index contributed by atoms with van der Waals surface area (Å²) in [5.74, 6) is -0.597. The molecule has 1 aliphatic heterocycles. The van der Waals surface area contributed by atoms with Crippen LogP contribution in [0.1, 0.15) is 26.3 Å². The Bertz CT molecular complexity index is 1530. The highest BCUT2D eigenvalue weighted by atomic mass is 35.5. The van der Waals surface area contributed by atoms with Gasteiger partial charge in [0.2, 0.25) is 0 Å². The monoisotopic (exact) mass is 605 g/mol. The molecule has 0 fully saturated rings. The van der Waals surface area contributed by atoms with Crippen LogP contribution in [0.5, 0.6) is 5.75 Å². The van der Waals surface area contributed by atoms with E-state index in [4.69, 9.17) is 25.8 Å². The second kappa shape index (κ2) is 12.2. The molecule has 4 rings (SSSR count). The van der Waals surface area contributed by atoms with Crippen molar-refractivity contribution < 1.29 is 36.6 Å². The largest absolute Gasteiger partial charge is 0.484 e. The number of carbonyl (C=O) groups is 2. The standard InChI is InChI=1S/C28H29ClFN3O7S/c1-28(2,3)40-27(35)32-19-9-12-25-24(13-19)33(41(36,37)21-10-11-23(30)22(29)14-21)16-20(39-25)15-31-26(34)38-17-18-7-5-4-6-8-18/h4-14,20H,15-17H2,1-3H3,(H,31,34)(H,32,35). The Morgan fingerprint density at radius 2 is 1.80 bits per heavy atom. The summed E-state index contributed by atoms with van der Waals surface area (Å²) in [4.78, 5) is 24.4. The van der Waals surface area contributed by atoms with Crippen LogP contribution in [-0.4, -0.2) is 45.4 Å². The summed E-state index contributed by atoms with van der Waals surface area (Å²) in [6, 6.07) is 16.6. The van der Waals surface area contributed by atoms with E-state index in [0.717, 1.165) is 28.1 Å². The second-order valence-electron chi connectivity index (χ2n) is 10.1. The summed E-state index contributed by atoms with van der Waals surface area (Å²) in [7, 11) is -4.29. The average molecular weight is 606 g/mol. The fraction of sp³-hybridized carbons (Fsp3) is 0.286. The number of alkyl carbamates (subject to hydrolysis) is 1. The highest BCUT2D eigenvalue weighted by Crippen LogP contribution is 2.39. The van der Waals surface area contributed by atoms with Crippen LogP contribution >= 0.6 is 11.6 Å². The zero-order chi connectivity index (χ0) is 29.8. The lowest BCUT2D eigenvalue weighted by atomic mass is 10.2. The molecule has 2 N–H and O–H groups in total. The molecule has 13 heteroatoms. The fourth-order valence-electron chi connectivity index (χ4n) is 3.88. The Labute approximate surface area is 242 Å². The van der Waals surface area contributed by atoms with Gasteiger partial charge in [-0.1, -0.05) is 41.9 Å². The number of hydrogen-bond donors (Lipinski definition) is 2. The van der Waals surface area contributed by atoms with E-state index in [1.807, 2.05) is 30.3 Å². The van der Waals surface area contributed by atoms with Gasteiger partial charge in [0.05, 0.1) is 28.7 Å². The van der Waals surface area contributed by atoms with Gasteiger partial charge < -0.3 is 19.5 Å². The van der Waals surface area contributed by atoms with Crippen molar-refractivity contribution in [2.24, 2.45) is 0 Å². The van der Waals surface area contributed by atoms with Gasteiger partial charge in [-0.2, -0.15) is 0 Å². The minimum atomic E-state index is -4.29. The quantitative estimate of drug-likeness (QED) is 0.354. The minimum absolute atomic E-state index is 0.0558. The maximum absolute atomic E-state index is 13.8. The number of halogens is 2. The molecule has 3 aromatic carbocycles. The molecule has 10 nitrogen and oxygen atoms in total. The van der Waals surface area contributed by atoms with Gasteiger partial charge in [-0.15, -0.1) is 0 Å². The molecule has 0 bridgehead atoms. The van der Waals surface area contributed by atoms with Gasteiger partial charge in [-0.3, -0.25) is 9.62 Å². The van der Waals surface area contributed by atoms with Gasteiger partial charge in [-0.25, -0.2) is 22.4 Å². The van der Waals surface area contributed by atoms with Crippen molar-refractivity contribution in [1.82, 2.24) is 5.32 Å². The molecular weight excluding hydrogens is 577 g/mol. The van der Waals surface area contributed by atoms with E-state index < -0.39 is 39.7 Å². The first-order chi connectivity index (χ1) is 19.3. The summed E-state index contributed by atoms with van der Waals surface area (Å²) in [5.41, 5.74) is 0.416. The van der Waals surface area contributed by atoms with Crippen molar-refractivity contribution in [2.45, 2.75) is 44.0 Å². The van der Waals surface area contributed by atoms with Crippen LogP contribution in [0.25, 0.3) is 0 Å². The molecule has 0 saturated heterocycles. The zero-order valence-corrected chi connectivity index (χ0v) is 24.1. The van der Waals surface area contributed by atoms with Crippen LogP contribution in [0.2, 0.25) is 5.02 Å². The predicted molar refractivity (Wildman–Crippen MR) is 151 cm³/mol. The number of amides is 2.